The number of ether oxygens (including phenoxy) is 1. The summed E-state index contributed by atoms with van der Waals surface area (Å²) < 4.78 is 5.50. The first-order chi connectivity index (χ1) is 12.6. The quantitative estimate of drug-likeness (QED) is 0.617. The minimum Gasteiger partial charge on any atom is -0.368 e. The molecule has 2 aliphatic heterocycles. The Morgan fingerprint density at radius 1 is 1.19 bits per heavy atom. The van der Waals surface area contributed by atoms with E-state index in [-0.39, 0.29) is 22.6 Å². The predicted molar refractivity (Wildman–Crippen MR) is 96.2 cm³/mol. The molecule has 0 radical (unpaired) electrons. The molecule has 0 aliphatic carbocycles. The molecule has 0 spiro atoms. The van der Waals surface area contributed by atoms with Crippen LogP contribution in [0.4, 0.5) is 11.4 Å². The lowest BCUT2D eigenvalue weighted by Crippen LogP contribution is -2.51. The van der Waals surface area contributed by atoms with Crippen LogP contribution in [0.1, 0.15) is 12.8 Å². The average molecular weight is 356 g/mol. The van der Waals surface area contributed by atoms with E-state index in [1.54, 1.807) is 12.3 Å². The molecule has 136 valence electrons. The van der Waals surface area contributed by atoms with Gasteiger partial charge in [0.15, 0.2) is 0 Å². The molecule has 8 heteroatoms. The molecule has 4 rings (SSSR count). The lowest BCUT2D eigenvalue weighted by molar-refractivity contribution is -0.383. The van der Waals surface area contributed by atoms with Gasteiger partial charge in [-0.1, -0.05) is 0 Å². The minimum atomic E-state index is -0.383. The number of non-ortho nitro benzene ring substituents is 1. The Hall–Kier alpha value is -2.74. The Morgan fingerprint density at radius 3 is 2.69 bits per heavy atom. The van der Waals surface area contributed by atoms with E-state index in [2.05, 4.69) is 9.88 Å². The van der Waals surface area contributed by atoms with Gasteiger partial charge in [0.05, 0.1) is 10.3 Å². The first kappa shape index (κ1) is 16.7. The van der Waals surface area contributed by atoms with Gasteiger partial charge in [0.1, 0.15) is 6.10 Å². The van der Waals surface area contributed by atoms with Crippen molar-refractivity contribution >= 4 is 28.1 Å². The minimum absolute atomic E-state index is 0.0593. The Bertz CT molecular complexity index is 842. The number of rotatable bonds is 3. The number of piperazine rings is 1. The molecule has 8 nitrogen and oxygen atoms in total. The summed E-state index contributed by atoms with van der Waals surface area (Å²) in [5.74, 6) is 0.0832. The number of hydrogen-bond acceptors (Lipinski definition) is 6. The van der Waals surface area contributed by atoms with Gasteiger partial charge in [-0.15, -0.1) is 0 Å². The molecule has 0 saturated carbocycles. The zero-order chi connectivity index (χ0) is 18.1. The summed E-state index contributed by atoms with van der Waals surface area (Å²) >= 11 is 0. The summed E-state index contributed by atoms with van der Waals surface area (Å²) in [4.78, 5) is 31.4. The molecule has 2 saturated heterocycles. The molecule has 0 N–H and O–H groups in total. The maximum atomic E-state index is 12.5. The van der Waals surface area contributed by atoms with E-state index >= 15 is 0 Å². The van der Waals surface area contributed by atoms with Gasteiger partial charge < -0.3 is 14.5 Å². The zero-order valence-corrected chi connectivity index (χ0v) is 14.3. The van der Waals surface area contributed by atoms with Crippen LogP contribution in [0, 0.1) is 10.1 Å². The van der Waals surface area contributed by atoms with Crippen molar-refractivity contribution in [3.8, 4) is 0 Å². The topological polar surface area (TPSA) is 88.8 Å². The molecule has 1 aromatic carbocycles. The van der Waals surface area contributed by atoms with Crippen LogP contribution in [0.3, 0.4) is 0 Å². The Labute approximate surface area is 150 Å². The Balaban J connectivity index is 1.54. The number of pyridine rings is 1. The van der Waals surface area contributed by atoms with Gasteiger partial charge in [0.2, 0.25) is 0 Å². The molecule has 1 unspecified atom stereocenters. The second-order valence-corrected chi connectivity index (χ2v) is 6.60. The van der Waals surface area contributed by atoms with Crippen molar-refractivity contribution in [2.75, 3.05) is 37.7 Å². The maximum Gasteiger partial charge on any atom is 0.278 e. The molecule has 1 amide bonds. The van der Waals surface area contributed by atoms with Gasteiger partial charge in [-0.3, -0.25) is 19.9 Å². The van der Waals surface area contributed by atoms with E-state index in [4.69, 9.17) is 4.74 Å². The number of fused-ring (bicyclic) bond motifs is 1. The van der Waals surface area contributed by atoms with Crippen molar-refractivity contribution in [2.24, 2.45) is 0 Å². The van der Waals surface area contributed by atoms with Crippen LogP contribution in [0.2, 0.25) is 0 Å². The highest BCUT2D eigenvalue weighted by molar-refractivity contribution is 5.99. The molecule has 1 aromatic heterocycles. The molecule has 3 heterocycles. The number of nitro benzene ring substituents is 1. The Morgan fingerprint density at radius 2 is 2.00 bits per heavy atom. The van der Waals surface area contributed by atoms with E-state index in [0.29, 0.717) is 38.2 Å². The average Bonchev–Trinajstić information content (AvgIpc) is 3.21. The summed E-state index contributed by atoms with van der Waals surface area (Å²) in [7, 11) is 0. The van der Waals surface area contributed by atoms with Gasteiger partial charge in [-0.2, -0.15) is 0 Å². The number of anilines is 1. The molecule has 0 bridgehead atoms. The molecule has 2 aromatic rings. The highest BCUT2D eigenvalue weighted by Gasteiger charge is 2.30. The number of benzene rings is 1. The molecule has 2 fully saturated rings. The number of amides is 1. The van der Waals surface area contributed by atoms with Crippen molar-refractivity contribution in [2.45, 2.75) is 18.9 Å². The van der Waals surface area contributed by atoms with Crippen LogP contribution in [-0.4, -0.2) is 59.6 Å². The van der Waals surface area contributed by atoms with Crippen molar-refractivity contribution in [3.63, 3.8) is 0 Å². The van der Waals surface area contributed by atoms with Gasteiger partial charge in [-0.25, -0.2) is 0 Å². The number of carbonyl (C=O) groups is 1. The normalized spacial score (nSPS) is 20.5. The zero-order valence-electron chi connectivity index (χ0n) is 14.3. The molecular weight excluding hydrogens is 336 g/mol. The summed E-state index contributed by atoms with van der Waals surface area (Å²) in [6.07, 6.45) is 4.65. The van der Waals surface area contributed by atoms with Crippen molar-refractivity contribution in [1.82, 2.24) is 9.88 Å². The lowest BCUT2D eigenvalue weighted by Gasteiger charge is -2.37. The lowest BCUT2D eigenvalue weighted by atomic mass is 10.1. The second kappa shape index (κ2) is 6.87. The predicted octanol–water partition coefficient (Wildman–Crippen LogP) is 1.97. The van der Waals surface area contributed by atoms with Crippen LogP contribution in [0.25, 0.3) is 10.8 Å². The number of nitrogens with zero attached hydrogens (tertiary/aromatic N) is 4. The maximum absolute atomic E-state index is 12.5. The van der Waals surface area contributed by atoms with Crippen molar-refractivity contribution in [1.29, 1.82) is 0 Å². The SMILES string of the molecule is O=C(C1CCCO1)N1CCN(c2ccc([N+](=O)[O-])c3cnccc23)CC1. The highest BCUT2D eigenvalue weighted by atomic mass is 16.6. The number of carbonyl (C=O) groups excluding carboxylic acids is 1. The number of hydrogen-bond donors (Lipinski definition) is 0. The summed E-state index contributed by atoms with van der Waals surface area (Å²) in [6, 6.07) is 5.13. The Kier molecular flexibility index (Phi) is 4.42. The van der Waals surface area contributed by atoms with Crippen molar-refractivity contribution in [3.05, 3.63) is 40.7 Å². The second-order valence-electron chi connectivity index (χ2n) is 6.60. The van der Waals surface area contributed by atoms with Gasteiger partial charge in [0, 0.05) is 62.3 Å². The fraction of sp³-hybridized carbons (Fsp3) is 0.444. The third kappa shape index (κ3) is 2.96. The van der Waals surface area contributed by atoms with E-state index in [9.17, 15) is 14.9 Å². The molecular formula is C18H20N4O4. The van der Waals surface area contributed by atoms with Gasteiger partial charge in [-0.05, 0) is 25.0 Å². The summed E-state index contributed by atoms with van der Waals surface area (Å²) in [5.41, 5.74) is 1.00. The van der Waals surface area contributed by atoms with Crippen LogP contribution in [0.15, 0.2) is 30.6 Å². The van der Waals surface area contributed by atoms with Crippen LogP contribution >= 0.6 is 0 Å². The van der Waals surface area contributed by atoms with Crippen LogP contribution in [0.5, 0.6) is 0 Å². The van der Waals surface area contributed by atoms with Gasteiger partial charge in [0.25, 0.3) is 11.6 Å². The smallest absolute Gasteiger partial charge is 0.278 e. The third-order valence-electron chi connectivity index (χ3n) is 5.11. The third-order valence-corrected chi connectivity index (χ3v) is 5.11. The first-order valence-electron chi connectivity index (χ1n) is 8.81. The van der Waals surface area contributed by atoms with Crippen LogP contribution < -0.4 is 4.90 Å². The fourth-order valence-electron chi connectivity index (χ4n) is 3.74. The molecule has 2 aliphatic rings. The first-order valence-corrected chi connectivity index (χ1v) is 8.81. The van der Waals surface area contributed by atoms with E-state index in [1.165, 1.54) is 12.3 Å². The monoisotopic (exact) mass is 356 g/mol. The van der Waals surface area contributed by atoms with E-state index in [0.717, 1.165) is 23.9 Å². The summed E-state index contributed by atoms with van der Waals surface area (Å²) in [5, 5.41) is 12.6. The fourth-order valence-corrected chi connectivity index (χ4v) is 3.74. The summed E-state index contributed by atoms with van der Waals surface area (Å²) in [6.45, 7) is 3.30. The number of aromatic nitrogens is 1. The van der Waals surface area contributed by atoms with Crippen LogP contribution in [-0.2, 0) is 9.53 Å². The van der Waals surface area contributed by atoms with Gasteiger partial charge >= 0.3 is 0 Å². The highest BCUT2D eigenvalue weighted by Crippen LogP contribution is 2.33. The number of nitro groups is 1. The molecule has 1 atom stereocenters. The van der Waals surface area contributed by atoms with Crippen molar-refractivity contribution < 1.29 is 14.5 Å². The largest absolute Gasteiger partial charge is 0.368 e. The standard InChI is InChI=1S/C18H20N4O4/c23-18(17-2-1-11-26-17)21-9-7-20(8-10-21)15-3-4-16(22(24)25)14-12-19-6-5-13(14)15/h3-6,12,17H,1-2,7-11H2. The molecule has 26 heavy (non-hydrogen) atoms. The van der Waals surface area contributed by atoms with E-state index < -0.39 is 0 Å². The van der Waals surface area contributed by atoms with E-state index in [1.807, 2.05) is 11.0 Å².